The zero-order valence-electron chi connectivity index (χ0n) is 20.1. The summed E-state index contributed by atoms with van der Waals surface area (Å²) < 4.78 is 6.12. The number of aliphatic hydroxyl groups is 1. The monoisotopic (exact) mass is 449 g/mol. The van der Waals surface area contributed by atoms with Gasteiger partial charge in [-0.3, -0.25) is 4.79 Å². The molecule has 6 heteroatoms. The number of hydrogen-bond acceptors (Lipinski definition) is 5. The van der Waals surface area contributed by atoms with E-state index in [9.17, 15) is 9.90 Å². The summed E-state index contributed by atoms with van der Waals surface area (Å²) in [6.45, 7) is 2.63. The summed E-state index contributed by atoms with van der Waals surface area (Å²) >= 11 is 0. The summed E-state index contributed by atoms with van der Waals surface area (Å²) in [4.78, 5) is 12.6. The minimum atomic E-state index is -0.436. The molecule has 1 aromatic rings. The van der Waals surface area contributed by atoms with Crippen LogP contribution in [0.5, 0.6) is 0 Å². The molecule has 0 aliphatic carbocycles. The van der Waals surface area contributed by atoms with Crippen molar-refractivity contribution in [2.45, 2.75) is 115 Å². The lowest BCUT2D eigenvalue weighted by molar-refractivity contribution is -0.125. The highest BCUT2D eigenvalue weighted by Gasteiger charge is 2.18. The molecule has 0 radical (unpaired) electrons. The van der Waals surface area contributed by atoms with Crippen molar-refractivity contribution in [2.24, 2.45) is 11.5 Å². The van der Waals surface area contributed by atoms with E-state index in [4.69, 9.17) is 16.2 Å². The van der Waals surface area contributed by atoms with Gasteiger partial charge in [-0.15, -0.1) is 0 Å². The lowest BCUT2D eigenvalue weighted by Crippen LogP contribution is -2.41. The minimum Gasteiger partial charge on any atom is -0.394 e. The summed E-state index contributed by atoms with van der Waals surface area (Å²) in [5, 5.41) is 12.4. The van der Waals surface area contributed by atoms with E-state index in [2.05, 4.69) is 12.2 Å². The molecule has 2 atom stereocenters. The van der Waals surface area contributed by atoms with Gasteiger partial charge < -0.3 is 26.6 Å². The predicted octanol–water partition coefficient (Wildman–Crippen LogP) is 4.38. The van der Waals surface area contributed by atoms with Gasteiger partial charge in [0.15, 0.2) is 0 Å². The van der Waals surface area contributed by atoms with Gasteiger partial charge in [0.25, 0.3) is 0 Å². The number of nitrogens with two attached hydrogens (primary N) is 2. The fraction of sp³-hybridized carbons (Fsp3) is 0.731. The van der Waals surface area contributed by atoms with Crippen molar-refractivity contribution in [3.05, 3.63) is 35.9 Å². The number of carbonyl (C=O) groups is 1. The standard InChI is InChI=1S/C26H47N3O3/c1-2-3-4-5-6-7-8-9-13-16-24(32-21-22-14-11-10-12-15-22)19-26(31)29-23(20-30)17-18-25(27)28/h10-12,14-15,23-25,30H,2-9,13,16-21,27-28H2,1H3,(H,29,31)/t23-,24-/m1/s1. The topological polar surface area (TPSA) is 111 Å². The first-order valence-corrected chi connectivity index (χ1v) is 12.6. The van der Waals surface area contributed by atoms with Gasteiger partial charge in [0.1, 0.15) is 0 Å². The van der Waals surface area contributed by atoms with Crippen molar-refractivity contribution in [1.82, 2.24) is 5.32 Å². The molecule has 0 aliphatic heterocycles. The number of hydrogen-bond donors (Lipinski definition) is 4. The number of nitrogens with one attached hydrogen (secondary N) is 1. The number of benzene rings is 1. The van der Waals surface area contributed by atoms with Gasteiger partial charge in [0.2, 0.25) is 5.91 Å². The summed E-state index contributed by atoms with van der Waals surface area (Å²) in [7, 11) is 0. The molecule has 1 aromatic carbocycles. The fourth-order valence-electron chi connectivity index (χ4n) is 3.81. The molecule has 0 spiro atoms. The summed E-state index contributed by atoms with van der Waals surface area (Å²) in [5.41, 5.74) is 12.3. The van der Waals surface area contributed by atoms with Gasteiger partial charge in [-0.25, -0.2) is 0 Å². The van der Waals surface area contributed by atoms with Crippen LogP contribution >= 0.6 is 0 Å². The van der Waals surface area contributed by atoms with E-state index in [1.54, 1.807) is 0 Å². The Balaban J connectivity index is 2.41. The van der Waals surface area contributed by atoms with Crippen LogP contribution in [-0.2, 0) is 16.1 Å². The molecule has 6 nitrogen and oxygen atoms in total. The second-order valence-electron chi connectivity index (χ2n) is 8.93. The molecule has 0 aromatic heterocycles. The van der Waals surface area contributed by atoms with Gasteiger partial charge in [0.05, 0.1) is 37.9 Å². The zero-order valence-corrected chi connectivity index (χ0v) is 20.1. The first-order valence-electron chi connectivity index (χ1n) is 12.6. The highest BCUT2D eigenvalue weighted by molar-refractivity contribution is 5.76. The fourth-order valence-corrected chi connectivity index (χ4v) is 3.81. The Morgan fingerprint density at radius 1 is 0.938 bits per heavy atom. The Kier molecular flexibility index (Phi) is 17.0. The Morgan fingerprint density at radius 3 is 2.16 bits per heavy atom. The number of aliphatic hydroxyl groups excluding tert-OH is 1. The molecule has 1 rings (SSSR count). The van der Waals surface area contributed by atoms with Crippen LogP contribution in [0.25, 0.3) is 0 Å². The molecule has 0 saturated carbocycles. The second-order valence-corrected chi connectivity index (χ2v) is 8.93. The smallest absolute Gasteiger partial charge is 0.222 e. The van der Waals surface area contributed by atoms with E-state index in [-0.39, 0.29) is 24.7 Å². The molecular formula is C26H47N3O3. The third-order valence-corrected chi connectivity index (χ3v) is 5.81. The van der Waals surface area contributed by atoms with Crippen LogP contribution < -0.4 is 16.8 Å². The van der Waals surface area contributed by atoms with Crippen molar-refractivity contribution in [2.75, 3.05) is 6.61 Å². The molecule has 0 aliphatic rings. The average Bonchev–Trinajstić information content (AvgIpc) is 2.79. The van der Waals surface area contributed by atoms with Gasteiger partial charge in [0, 0.05) is 0 Å². The van der Waals surface area contributed by atoms with Crippen molar-refractivity contribution >= 4 is 5.91 Å². The van der Waals surface area contributed by atoms with Crippen molar-refractivity contribution < 1.29 is 14.6 Å². The maximum absolute atomic E-state index is 12.6. The highest BCUT2D eigenvalue weighted by atomic mass is 16.5. The molecule has 0 fully saturated rings. The Morgan fingerprint density at radius 2 is 1.56 bits per heavy atom. The van der Waals surface area contributed by atoms with Crippen molar-refractivity contribution in [3.8, 4) is 0 Å². The number of carbonyl (C=O) groups excluding carboxylic acids is 1. The maximum atomic E-state index is 12.6. The molecule has 184 valence electrons. The van der Waals surface area contributed by atoms with Crippen LogP contribution in [0.1, 0.15) is 96.0 Å². The van der Waals surface area contributed by atoms with E-state index in [1.807, 2.05) is 30.3 Å². The van der Waals surface area contributed by atoms with Crippen LogP contribution in [0.3, 0.4) is 0 Å². The van der Waals surface area contributed by atoms with Gasteiger partial charge >= 0.3 is 0 Å². The molecule has 6 N–H and O–H groups in total. The van der Waals surface area contributed by atoms with Crippen molar-refractivity contribution in [3.63, 3.8) is 0 Å². The van der Waals surface area contributed by atoms with E-state index >= 15 is 0 Å². The van der Waals surface area contributed by atoms with Gasteiger partial charge in [-0.1, -0.05) is 95.0 Å². The Bertz CT molecular complexity index is 569. The van der Waals surface area contributed by atoms with Crippen LogP contribution in [-0.4, -0.2) is 35.9 Å². The minimum absolute atomic E-state index is 0.0939. The zero-order chi connectivity index (χ0) is 23.4. The third-order valence-electron chi connectivity index (χ3n) is 5.81. The number of rotatable bonds is 20. The van der Waals surface area contributed by atoms with Gasteiger partial charge in [-0.05, 0) is 24.8 Å². The summed E-state index contributed by atoms with van der Waals surface area (Å²) in [5.74, 6) is -0.0939. The lowest BCUT2D eigenvalue weighted by atomic mass is 10.0. The van der Waals surface area contributed by atoms with Gasteiger partial charge in [-0.2, -0.15) is 0 Å². The molecule has 0 saturated heterocycles. The number of amides is 1. The Hall–Kier alpha value is -1.47. The Labute approximate surface area is 195 Å². The van der Waals surface area contributed by atoms with Crippen molar-refractivity contribution in [1.29, 1.82) is 0 Å². The molecule has 32 heavy (non-hydrogen) atoms. The van der Waals surface area contributed by atoms with Crippen LogP contribution in [0.2, 0.25) is 0 Å². The second kappa shape index (κ2) is 19.0. The van der Waals surface area contributed by atoms with E-state index < -0.39 is 6.17 Å². The van der Waals surface area contributed by atoms with Crippen LogP contribution in [0.15, 0.2) is 30.3 Å². The summed E-state index contributed by atoms with van der Waals surface area (Å²) in [6.07, 6.45) is 13.2. The van der Waals surface area contributed by atoms with Crippen LogP contribution in [0, 0.1) is 0 Å². The molecule has 1 amide bonds. The first kappa shape index (κ1) is 28.6. The molecule has 0 heterocycles. The normalized spacial score (nSPS) is 13.3. The first-order chi connectivity index (χ1) is 15.5. The maximum Gasteiger partial charge on any atom is 0.222 e. The number of unbranched alkanes of at least 4 members (excludes halogenated alkanes) is 8. The quantitative estimate of drug-likeness (QED) is 0.174. The third kappa shape index (κ3) is 15.4. The molecule has 0 unspecified atom stereocenters. The SMILES string of the molecule is CCCCCCCCCCC[C@H](CC(=O)N[C@@H](CO)CCC(N)N)OCc1ccccc1. The van der Waals surface area contributed by atoms with E-state index in [0.29, 0.717) is 25.9 Å². The molecule has 0 bridgehead atoms. The van der Waals surface area contributed by atoms with E-state index in [0.717, 1.165) is 18.4 Å². The lowest BCUT2D eigenvalue weighted by Gasteiger charge is -2.21. The highest BCUT2D eigenvalue weighted by Crippen LogP contribution is 2.16. The largest absolute Gasteiger partial charge is 0.394 e. The van der Waals surface area contributed by atoms with E-state index in [1.165, 1.54) is 51.4 Å². The average molecular weight is 450 g/mol. The molecular weight excluding hydrogens is 402 g/mol. The summed E-state index contributed by atoms with van der Waals surface area (Å²) in [6, 6.07) is 9.73. The number of ether oxygens (including phenoxy) is 1. The predicted molar refractivity (Wildman–Crippen MR) is 132 cm³/mol. The van der Waals surface area contributed by atoms with Crippen LogP contribution in [0.4, 0.5) is 0 Å².